The van der Waals surface area contributed by atoms with E-state index in [0.29, 0.717) is 36.2 Å². The van der Waals surface area contributed by atoms with Gasteiger partial charge in [-0.15, -0.1) is 0 Å². The molecule has 0 aromatic carbocycles. The fourth-order valence-corrected chi connectivity index (χ4v) is 4.78. The van der Waals surface area contributed by atoms with Crippen molar-refractivity contribution in [3.63, 3.8) is 0 Å². The lowest BCUT2D eigenvalue weighted by molar-refractivity contribution is -0.00544. The van der Waals surface area contributed by atoms with Gasteiger partial charge < -0.3 is 10.4 Å². The Hall–Kier alpha value is -1.92. The van der Waals surface area contributed by atoms with E-state index in [1.165, 1.54) is 0 Å². The number of carbonyl (C=O) groups excluding carboxylic acids is 1. The summed E-state index contributed by atoms with van der Waals surface area (Å²) in [6.07, 6.45) is 6.96. The van der Waals surface area contributed by atoms with Crippen LogP contribution in [0.1, 0.15) is 82.0 Å². The van der Waals surface area contributed by atoms with Gasteiger partial charge in [-0.2, -0.15) is 5.10 Å². The number of pyridine rings is 1. The maximum Gasteiger partial charge on any atom is 0.273 e. The molecule has 0 atom stereocenters. The first-order valence-electron chi connectivity index (χ1n) is 11.9. The van der Waals surface area contributed by atoms with Crippen molar-refractivity contribution in [3.8, 4) is 11.3 Å². The normalized spacial score (nSPS) is 21.2. The molecule has 2 N–H and O–H groups in total. The van der Waals surface area contributed by atoms with Crippen LogP contribution in [0.25, 0.3) is 11.3 Å². The molecular formula is C25H37ClN4O2. The fraction of sp³-hybridized carbons (Fsp3) is 0.640. The minimum Gasteiger partial charge on any atom is -0.388 e. The van der Waals surface area contributed by atoms with Crippen molar-refractivity contribution in [2.45, 2.75) is 85.3 Å². The van der Waals surface area contributed by atoms with Crippen molar-refractivity contribution in [2.75, 3.05) is 6.54 Å². The molecule has 1 aliphatic rings. The molecule has 0 unspecified atom stereocenters. The Bertz CT molecular complexity index is 946. The largest absolute Gasteiger partial charge is 0.388 e. The number of amides is 1. The number of hydrogen-bond acceptors (Lipinski definition) is 4. The van der Waals surface area contributed by atoms with Crippen LogP contribution in [0.2, 0.25) is 5.02 Å². The van der Waals surface area contributed by atoms with Crippen LogP contribution in [0.5, 0.6) is 0 Å². The van der Waals surface area contributed by atoms with Crippen LogP contribution in [0.4, 0.5) is 0 Å². The quantitative estimate of drug-likeness (QED) is 0.577. The second kappa shape index (κ2) is 10.3. The Morgan fingerprint density at radius 2 is 2.03 bits per heavy atom. The minimum atomic E-state index is -0.851. The predicted octanol–water partition coefficient (Wildman–Crippen LogP) is 5.05. The van der Waals surface area contributed by atoms with Crippen molar-refractivity contribution in [3.05, 3.63) is 34.2 Å². The molecule has 0 saturated heterocycles. The number of aromatic nitrogens is 3. The first-order chi connectivity index (χ1) is 15.2. The highest BCUT2D eigenvalue weighted by Crippen LogP contribution is 2.34. The lowest BCUT2D eigenvalue weighted by atomic mass is 9.79. The lowest BCUT2D eigenvalue weighted by Gasteiger charge is -2.34. The Balaban J connectivity index is 1.86. The van der Waals surface area contributed by atoms with Crippen molar-refractivity contribution >= 4 is 17.5 Å². The first kappa shape index (κ1) is 24.7. The summed E-state index contributed by atoms with van der Waals surface area (Å²) in [6, 6.07) is 2.14. The standard InChI is InChI=1S/C25H37ClN4O2/c1-6-18-13-19(12-16(3)4)27-14-20(18)23-21(26)22(29-30(23)7-2)24(31)28-15-25(32)10-8-17(5)9-11-25/h13-14,16-17,32H,6-12,15H2,1-5H3,(H,28,31). The first-order valence-corrected chi connectivity index (χ1v) is 12.3. The molecule has 7 heteroatoms. The number of carbonyl (C=O) groups is 1. The van der Waals surface area contributed by atoms with E-state index in [2.05, 4.69) is 49.2 Å². The molecule has 32 heavy (non-hydrogen) atoms. The van der Waals surface area contributed by atoms with Gasteiger partial charge >= 0.3 is 0 Å². The number of aliphatic hydroxyl groups is 1. The summed E-state index contributed by atoms with van der Waals surface area (Å²) < 4.78 is 1.77. The summed E-state index contributed by atoms with van der Waals surface area (Å²) in [5.74, 6) is 0.801. The number of aryl methyl sites for hydroxylation is 2. The molecule has 6 nitrogen and oxygen atoms in total. The highest BCUT2D eigenvalue weighted by Gasteiger charge is 2.33. The smallest absolute Gasteiger partial charge is 0.273 e. The Labute approximate surface area is 196 Å². The molecular weight excluding hydrogens is 424 g/mol. The highest BCUT2D eigenvalue weighted by atomic mass is 35.5. The summed E-state index contributed by atoms with van der Waals surface area (Å²) in [6.45, 7) is 11.4. The topological polar surface area (TPSA) is 80.0 Å². The third-order valence-electron chi connectivity index (χ3n) is 6.49. The monoisotopic (exact) mass is 460 g/mol. The van der Waals surface area contributed by atoms with Crippen molar-refractivity contribution in [2.24, 2.45) is 11.8 Å². The zero-order valence-electron chi connectivity index (χ0n) is 20.0. The van der Waals surface area contributed by atoms with Gasteiger partial charge in [-0.05, 0) is 68.9 Å². The molecule has 2 heterocycles. The molecule has 0 spiro atoms. The van der Waals surface area contributed by atoms with Gasteiger partial charge in [0.15, 0.2) is 5.69 Å². The molecule has 3 rings (SSSR count). The van der Waals surface area contributed by atoms with Gasteiger partial charge in [0.25, 0.3) is 5.91 Å². The Morgan fingerprint density at radius 1 is 1.34 bits per heavy atom. The maximum atomic E-state index is 13.0. The van der Waals surface area contributed by atoms with Crippen LogP contribution < -0.4 is 5.32 Å². The molecule has 0 radical (unpaired) electrons. The minimum absolute atomic E-state index is 0.199. The van der Waals surface area contributed by atoms with Crippen molar-refractivity contribution in [1.29, 1.82) is 0 Å². The molecule has 0 bridgehead atoms. The molecule has 1 saturated carbocycles. The van der Waals surface area contributed by atoms with Gasteiger partial charge in [-0.3, -0.25) is 14.5 Å². The molecule has 1 aliphatic carbocycles. The summed E-state index contributed by atoms with van der Waals surface area (Å²) in [4.78, 5) is 17.6. The van der Waals surface area contributed by atoms with Gasteiger partial charge in [0.1, 0.15) is 0 Å². The Kier molecular flexibility index (Phi) is 7.99. The molecule has 2 aromatic rings. The molecule has 1 fully saturated rings. The second-order valence-corrected chi connectivity index (χ2v) is 10.1. The number of nitrogens with one attached hydrogen (secondary N) is 1. The summed E-state index contributed by atoms with van der Waals surface area (Å²) >= 11 is 6.73. The SMILES string of the molecule is CCc1cc(CC(C)C)ncc1-c1c(Cl)c(C(=O)NCC2(O)CCC(C)CC2)nn1CC. The van der Waals surface area contributed by atoms with E-state index in [9.17, 15) is 9.90 Å². The van der Waals surface area contributed by atoms with Gasteiger partial charge in [0.05, 0.1) is 16.3 Å². The summed E-state index contributed by atoms with van der Waals surface area (Å²) in [5.41, 5.74) is 3.20. The lowest BCUT2D eigenvalue weighted by Crippen LogP contribution is -2.45. The second-order valence-electron chi connectivity index (χ2n) is 9.70. The summed E-state index contributed by atoms with van der Waals surface area (Å²) in [5, 5.41) is 18.5. The van der Waals surface area contributed by atoms with Crippen LogP contribution in [0.3, 0.4) is 0 Å². The van der Waals surface area contributed by atoms with E-state index in [1.54, 1.807) is 4.68 Å². The van der Waals surface area contributed by atoms with Crippen LogP contribution in [0.15, 0.2) is 12.3 Å². The zero-order valence-corrected chi connectivity index (χ0v) is 20.8. The fourth-order valence-electron chi connectivity index (χ4n) is 4.46. The van der Waals surface area contributed by atoms with Crippen LogP contribution >= 0.6 is 11.6 Å². The number of nitrogens with zero attached hydrogens (tertiary/aromatic N) is 3. The van der Waals surface area contributed by atoms with Gasteiger partial charge in [-0.25, -0.2) is 0 Å². The van der Waals surface area contributed by atoms with Crippen LogP contribution in [0, 0.1) is 11.8 Å². The van der Waals surface area contributed by atoms with Gasteiger partial charge in [0.2, 0.25) is 0 Å². The number of hydrogen-bond donors (Lipinski definition) is 2. The molecule has 1 amide bonds. The van der Waals surface area contributed by atoms with E-state index >= 15 is 0 Å². The van der Waals surface area contributed by atoms with E-state index in [-0.39, 0.29) is 18.1 Å². The number of rotatable bonds is 8. The van der Waals surface area contributed by atoms with E-state index < -0.39 is 5.60 Å². The van der Waals surface area contributed by atoms with Crippen LogP contribution in [-0.2, 0) is 19.4 Å². The Morgan fingerprint density at radius 3 is 2.62 bits per heavy atom. The zero-order chi connectivity index (χ0) is 23.5. The molecule has 0 aliphatic heterocycles. The molecule has 2 aromatic heterocycles. The maximum absolute atomic E-state index is 13.0. The molecule has 176 valence electrons. The van der Waals surface area contributed by atoms with E-state index in [4.69, 9.17) is 11.6 Å². The summed E-state index contributed by atoms with van der Waals surface area (Å²) in [7, 11) is 0. The van der Waals surface area contributed by atoms with Gasteiger partial charge in [-0.1, -0.05) is 39.3 Å². The van der Waals surface area contributed by atoms with Crippen molar-refractivity contribution < 1.29 is 9.90 Å². The third-order valence-corrected chi connectivity index (χ3v) is 6.85. The van der Waals surface area contributed by atoms with Crippen molar-refractivity contribution in [1.82, 2.24) is 20.1 Å². The average molecular weight is 461 g/mol. The van der Waals surface area contributed by atoms with Crippen LogP contribution in [-0.4, -0.2) is 37.9 Å². The van der Waals surface area contributed by atoms with E-state index in [0.717, 1.165) is 48.2 Å². The highest BCUT2D eigenvalue weighted by molar-refractivity contribution is 6.36. The van der Waals surface area contributed by atoms with Gasteiger partial charge in [0, 0.05) is 30.5 Å². The predicted molar refractivity (Wildman–Crippen MR) is 129 cm³/mol. The third kappa shape index (κ3) is 5.52. The number of halogens is 1. The van der Waals surface area contributed by atoms with E-state index in [1.807, 2.05) is 13.1 Å². The average Bonchev–Trinajstić information content (AvgIpc) is 3.10.